The van der Waals surface area contributed by atoms with Crippen molar-refractivity contribution in [2.75, 3.05) is 17.4 Å². The number of nitro groups is 1. The van der Waals surface area contributed by atoms with Gasteiger partial charge in [0.15, 0.2) is 0 Å². The van der Waals surface area contributed by atoms with Gasteiger partial charge in [0, 0.05) is 12.1 Å². The quantitative estimate of drug-likeness (QED) is 0.599. The van der Waals surface area contributed by atoms with Crippen molar-refractivity contribution in [2.24, 2.45) is 0 Å². The molecule has 0 unspecified atom stereocenters. The maximum absolute atomic E-state index is 12.5. The van der Waals surface area contributed by atoms with Crippen molar-refractivity contribution in [1.29, 1.82) is 0 Å². The molecule has 0 atom stereocenters. The van der Waals surface area contributed by atoms with Crippen molar-refractivity contribution in [2.45, 2.75) is 26.4 Å². The summed E-state index contributed by atoms with van der Waals surface area (Å²) in [7, 11) is -4.06. The molecular weight excluding hydrogens is 326 g/mol. The molecule has 1 heterocycles. The van der Waals surface area contributed by atoms with E-state index in [0.717, 1.165) is 4.31 Å². The first-order valence-electron chi connectivity index (χ1n) is 6.80. The number of anilines is 1. The standard InChI is InChI=1S/C13H17N3O6S/c1-13(2,3)22-12(17)15-9-8-14(23(15,20)21)10-4-6-11(7-5-10)16(18)19/h4-7H,8-9H2,1-3H3. The average Bonchev–Trinajstić information content (AvgIpc) is 2.72. The molecular formula is C13H17N3O6S. The zero-order valence-corrected chi connectivity index (χ0v) is 13.7. The Hall–Kier alpha value is -2.36. The van der Waals surface area contributed by atoms with Crippen molar-refractivity contribution in [3.8, 4) is 0 Å². The van der Waals surface area contributed by atoms with Crippen LogP contribution in [0.15, 0.2) is 24.3 Å². The molecule has 0 spiro atoms. The van der Waals surface area contributed by atoms with Gasteiger partial charge in [0.05, 0.1) is 23.7 Å². The van der Waals surface area contributed by atoms with E-state index in [-0.39, 0.29) is 24.5 Å². The van der Waals surface area contributed by atoms with E-state index in [4.69, 9.17) is 4.74 Å². The van der Waals surface area contributed by atoms with Crippen molar-refractivity contribution < 1.29 is 22.9 Å². The van der Waals surface area contributed by atoms with Crippen molar-refractivity contribution in [1.82, 2.24) is 4.31 Å². The van der Waals surface area contributed by atoms with E-state index in [1.54, 1.807) is 20.8 Å². The third kappa shape index (κ3) is 3.52. The van der Waals surface area contributed by atoms with Gasteiger partial charge in [0.25, 0.3) is 5.69 Å². The van der Waals surface area contributed by atoms with E-state index in [1.165, 1.54) is 24.3 Å². The zero-order chi connectivity index (χ0) is 17.4. The molecule has 1 aromatic carbocycles. The molecule has 1 aliphatic rings. The summed E-state index contributed by atoms with van der Waals surface area (Å²) in [6.45, 7) is 4.93. The third-order valence-electron chi connectivity index (χ3n) is 3.01. The van der Waals surface area contributed by atoms with Crippen LogP contribution in [0.2, 0.25) is 0 Å². The lowest BCUT2D eigenvalue weighted by atomic mass is 10.2. The number of non-ortho nitro benzene ring substituents is 1. The lowest BCUT2D eigenvalue weighted by Crippen LogP contribution is -2.40. The normalized spacial score (nSPS) is 17.2. The van der Waals surface area contributed by atoms with Crippen LogP contribution in [0.3, 0.4) is 0 Å². The second-order valence-corrected chi connectivity index (χ2v) is 7.68. The fraction of sp³-hybridized carbons (Fsp3) is 0.462. The fourth-order valence-corrected chi connectivity index (χ4v) is 3.51. The Bertz CT molecular complexity index is 723. The van der Waals surface area contributed by atoms with Gasteiger partial charge in [-0.15, -0.1) is 0 Å². The number of carbonyl (C=O) groups is 1. The Morgan fingerprint density at radius 3 is 2.26 bits per heavy atom. The first kappa shape index (κ1) is 17.0. The predicted molar refractivity (Wildman–Crippen MR) is 82.3 cm³/mol. The summed E-state index contributed by atoms with van der Waals surface area (Å²) in [6.07, 6.45) is -0.943. The summed E-state index contributed by atoms with van der Waals surface area (Å²) in [4.78, 5) is 22.1. The monoisotopic (exact) mass is 343 g/mol. The van der Waals surface area contributed by atoms with Crippen LogP contribution in [-0.4, -0.2) is 42.4 Å². The van der Waals surface area contributed by atoms with Gasteiger partial charge < -0.3 is 4.74 Å². The highest BCUT2D eigenvalue weighted by Crippen LogP contribution is 2.28. The van der Waals surface area contributed by atoms with Crippen molar-refractivity contribution in [3.63, 3.8) is 0 Å². The molecule has 2 rings (SSSR count). The number of ether oxygens (including phenoxy) is 1. The molecule has 0 bridgehead atoms. The summed E-state index contributed by atoms with van der Waals surface area (Å²) in [5.41, 5.74) is -0.705. The van der Waals surface area contributed by atoms with E-state index in [2.05, 4.69) is 0 Å². The number of benzene rings is 1. The molecule has 1 aromatic rings. The van der Waals surface area contributed by atoms with Crippen LogP contribution in [0.4, 0.5) is 16.2 Å². The molecule has 1 fully saturated rings. The lowest BCUT2D eigenvalue weighted by molar-refractivity contribution is -0.384. The largest absolute Gasteiger partial charge is 0.443 e. The molecule has 126 valence electrons. The third-order valence-corrected chi connectivity index (χ3v) is 4.85. The number of rotatable bonds is 2. The van der Waals surface area contributed by atoms with Crippen LogP contribution in [0.25, 0.3) is 0 Å². The lowest BCUT2D eigenvalue weighted by Gasteiger charge is -2.24. The van der Waals surface area contributed by atoms with E-state index in [1.807, 2.05) is 0 Å². The van der Waals surface area contributed by atoms with E-state index in [9.17, 15) is 23.3 Å². The Kier molecular flexibility index (Phi) is 4.20. The maximum Gasteiger partial charge on any atom is 0.425 e. The summed E-state index contributed by atoms with van der Waals surface area (Å²) in [5, 5.41) is 10.6. The SMILES string of the molecule is CC(C)(C)OC(=O)N1CCN(c2ccc([N+](=O)[O-])cc2)S1(=O)=O. The number of hydrogen-bond donors (Lipinski definition) is 0. The van der Waals surface area contributed by atoms with Crippen LogP contribution in [-0.2, 0) is 14.9 Å². The molecule has 9 nitrogen and oxygen atoms in total. The number of hydrogen-bond acceptors (Lipinski definition) is 6. The highest BCUT2D eigenvalue weighted by molar-refractivity contribution is 7.91. The molecule has 1 aliphatic heterocycles. The van der Waals surface area contributed by atoms with E-state index < -0.39 is 26.8 Å². The summed E-state index contributed by atoms with van der Waals surface area (Å²) < 4.78 is 31.7. The topological polar surface area (TPSA) is 110 Å². The Morgan fingerprint density at radius 2 is 1.78 bits per heavy atom. The average molecular weight is 343 g/mol. The number of nitro benzene ring substituents is 1. The van der Waals surface area contributed by atoms with Crippen LogP contribution in [0, 0.1) is 10.1 Å². The molecule has 23 heavy (non-hydrogen) atoms. The van der Waals surface area contributed by atoms with Crippen LogP contribution < -0.4 is 4.31 Å². The van der Waals surface area contributed by atoms with Crippen molar-refractivity contribution in [3.05, 3.63) is 34.4 Å². The van der Waals surface area contributed by atoms with E-state index in [0.29, 0.717) is 4.31 Å². The van der Waals surface area contributed by atoms with Gasteiger partial charge in [0.2, 0.25) is 0 Å². The van der Waals surface area contributed by atoms with Crippen LogP contribution in [0.5, 0.6) is 0 Å². The van der Waals surface area contributed by atoms with Crippen molar-refractivity contribution >= 4 is 27.7 Å². The highest BCUT2D eigenvalue weighted by Gasteiger charge is 2.42. The van der Waals surface area contributed by atoms with Gasteiger partial charge in [0.1, 0.15) is 5.60 Å². The molecule has 0 radical (unpaired) electrons. The predicted octanol–water partition coefficient (Wildman–Crippen LogP) is 1.90. The molecule has 0 aliphatic carbocycles. The second-order valence-electron chi connectivity index (χ2n) is 5.91. The number of nitrogens with zero attached hydrogens (tertiary/aromatic N) is 3. The minimum Gasteiger partial charge on any atom is -0.443 e. The highest BCUT2D eigenvalue weighted by atomic mass is 32.2. The van der Waals surface area contributed by atoms with Gasteiger partial charge in [-0.2, -0.15) is 12.7 Å². The Balaban J connectivity index is 2.23. The number of carbonyl (C=O) groups excluding carboxylic acids is 1. The maximum atomic E-state index is 12.5. The first-order valence-corrected chi connectivity index (χ1v) is 8.20. The minimum atomic E-state index is -4.06. The molecule has 10 heteroatoms. The molecule has 1 amide bonds. The summed E-state index contributed by atoms with van der Waals surface area (Å²) in [5.74, 6) is 0. The molecule has 1 saturated heterocycles. The van der Waals surface area contributed by atoms with Gasteiger partial charge in [-0.25, -0.2) is 4.79 Å². The summed E-state index contributed by atoms with van der Waals surface area (Å²) >= 11 is 0. The van der Waals surface area contributed by atoms with Gasteiger partial charge in [-0.05, 0) is 32.9 Å². The Morgan fingerprint density at radius 1 is 1.22 bits per heavy atom. The molecule has 0 saturated carbocycles. The van der Waals surface area contributed by atoms with Gasteiger partial charge in [-0.1, -0.05) is 0 Å². The van der Waals surface area contributed by atoms with Gasteiger partial charge in [-0.3, -0.25) is 14.4 Å². The molecule has 0 N–H and O–H groups in total. The minimum absolute atomic E-state index is 0.0474. The summed E-state index contributed by atoms with van der Waals surface area (Å²) in [6, 6.07) is 5.07. The van der Waals surface area contributed by atoms with Crippen LogP contribution in [0.1, 0.15) is 20.8 Å². The van der Waals surface area contributed by atoms with Gasteiger partial charge >= 0.3 is 16.3 Å². The smallest absolute Gasteiger partial charge is 0.425 e. The Labute approximate surface area is 133 Å². The zero-order valence-electron chi connectivity index (χ0n) is 12.9. The second kappa shape index (κ2) is 5.69. The first-order chi connectivity index (χ1) is 10.5. The van der Waals surface area contributed by atoms with E-state index >= 15 is 0 Å². The van der Waals surface area contributed by atoms with Crippen LogP contribution >= 0.6 is 0 Å². The molecule has 0 aromatic heterocycles. The number of amides is 1. The fourth-order valence-electron chi connectivity index (χ4n) is 2.03.